The standard InChI is InChI=1S/C17H24FNO4S/c1-17(2,19-24(21,22)14-6-4-3-5-7-14)16(15(18)10-11-20)23-12-13-8-9-13/h3-7,11,13,15-16,19H,8-10,12H2,1-2H3. The molecule has 1 N–H and O–H groups in total. The van der Waals surface area contributed by atoms with Gasteiger partial charge < -0.3 is 9.53 Å². The van der Waals surface area contributed by atoms with Crippen molar-refractivity contribution in [2.45, 2.75) is 55.8 Å². The molecule has 1 aromatic rings. The first-order valence-electron chi connectivity index (χ1n) is 8.04. The van der Waals surface area contributed by atoms with Crippen LogP contribution in [-0.4, -0.2) is 39.1 Å². The lowest BCUT2D eigenvalue weighted by Crippen LogP contribution is -2.56. The van der Waals surface area contributed by atoms with Crippen LogP contribution in [0.4, 0.5) is 4.39 Å². The summed E-state index contributed by atoms with van der Waals surface area (Å²) < 4.78 is 47.7. The highest BCUT2D eigenvalue weighted by molar-refractivity contribution is 7.89. The molecular formula is C17H24FNO4S. The Balaban J connectivity index is 2.16. The van der Waals surface area contributed by atoms with Gasteiger partial charge in [0.2, 0.25) is 10.0 Å². The molecular weight excluding hydrogens is 333 g/mol. The fraction of sp³-hybridized carbons (Fsp3) is 0.588. The molecule has 1 aliphatic rings. The van der Waals surface area contributed by atoms with Crippen LogP contribution in [0.25, 0.3) is 0 Å². The Hall–Kier alpha value is -1.31. The number of ether oxygens (including phenoxy) is 1. The Morgan fingerprint density at radius 2 is 1.96 bits per heavy atom. The van der Waals surface area contributed by atoms with Crippen LogP contribution in [-0.2, 0) is 19.6 Å². The zero-order valence-corrected chi connectivity index (χ0v) is 14.8. The molecule has 134 valence electrons. The van der Waals surface area contributed by atoms with E-state index in [0.29, 0.717) is 18.8 Å². The predicted octanol–water partition coefficient (Wildman–Crippen LogP) is 2.47. The third-order valence-electron chi connectivity index (χ3n) is 4.02. The molecule has 24 heavy (non-hydrogen) atoms. The van der Waals surface area contributed by atoms with Crippen LogP contribution in [0.3, 0.4) is 0 Å². The number of nitrogens with one attached hydrogen (secondary N) is 1. The van der Waals surface area contributed by atoms with Crippen LogP contribution in [0.1, 0.15) is 33.1 Å². The van der Waals surface area contributed by atoms with Gasteiger partial charge in [-0.05, 0) is 44.7 Å². The molecule has 2 unspecified atom stereocenters. The number of hydrogen-bond acceptors (Lipinski definition) is 4. The number of carbonyl (C=O) groups excluding carboxylic acids is 1. The summed E-state index contributed by atoms with van der Waals surface area (Å²) in [5.41, 5.74) is -1.20. The lowest BCUT2D eigenvalue weighted by molar-refractivity contribution is -0.111. The van der Waals surface area contributed by atoms with Gasteiger partial charge in [-0.25, -0.2) is 17.5 Å². The molecule has 0 aromatic heterocycles. The highest BCUT2D eigenvalue weighted by Gasteiger charge is 2.41. The summed E-state index contributed by atoms with van der Waals surface area (Å²) in [4.78, 5) is 10.8. The number of alkyl halides is 1. The van der Waals surface area contributed by atoms with Gasteiger partial charge in [0.1, 0.15) is 18.6 Å². The largest absolute Gasteiger partial charge is 0.373 e. The van der Waals surface area contributed by atoms with Crippen molar-refractivity contribution in [1.82, 2.24) is 4.72 Å². The molecule has 0 spiro atoms. The van der Waals surface area contributed by atoms with Crippen LogP contribution in [0.2, 0.25) is 0 Å². The van der Waals surface area contributed by atoms with Gasteiger partial charge in [0.05, 0.1) is 17.0 Å². The smallest absolute Gasteiger partial charge is 0.241 e. The first kappa shape index (κ1) is 19.0. The summed E-state index contributed by atoms with van der Waals surface area (Å²) in [5.74, 6) is 0.400. The number of carbonyl (C=O) groups is 1. The van der Waals surface area contributed by atoms with E-state index in [1.165, 1.54) is 12.1 Å². The number of hydrogen-bond donors (Lipinski definition) is 1. The fourth-order valence-electron chi connectivity index (χ4n) is 2.57. The summed E-state index contributed by atoms with van der Waals surface area (Å²) >= 11 is 0. The molecule has 7 heteroatoms. The summed E-state index contributed by atoms with van der Waals surface area (Å²) in [5, 5.41) is 0. The van der Waals surface area contributed by atoms with Gasteiger partial charge in [-0.1, -0.05) is 18.2 Å². The molecule has 5 nitrogen and oxygen atoms in total. The monoisotopic (exact) mass is 357 g/mol. The van der Waals surface area contributed by atoms with Crippen LogP contribution in [0, 0.1) is 5.92 Å². The number of aldehydes is 1. The van der Waals surface area contributed by atoms with Crippen molar-refractivity contribution in [3.63, 3.8) is 0 Å². The minimum Gasteiger partial charge on any atom is -0.373 e. The first-order valence-corrected chi connectivity index (χ1v) is 9.53. The van der Waals surface area contributed by atoms with Crippen molar-refractivity contribution in [2.75, 3.05) is 6.61 Å². The Labute approximate surface area is 142 Å². The third-order valence-corrected chi connectivity index (χ3v) is 5.71. The van der Waals surface area contributed by atoms with Crippen LogP contribution in [0.5, 0.6) is 0 Å². The van der Waals surface area contributed by atoms with Crippen LogP contribution < -0.4 is 4.72 Å². The average Bonchev–Trinajstić information content (AvgIpc) is 3.31. The maximum Gasteiger partial charge on any atom is 0.241 e. The minimum absolute atomic E-state index is 0.102. The zero-order chi connectivity index (χ0) is 17.8. The molecule has 0 saturated heterocycles. The molecule has 2 rings (SSSR count). The number of rotatable bonds is 10. The van der Waals surface area contributed by atoms with Crippen molar-refractivity contribution in [3.8, 4) is 0 Å². The van der Waals surface area contributed by atoms with E-state index < -0.39 is 27.8 Å². The molecule has 1 fully saturated rings. The number of sulfonamides is 1. The zero-order valence-electron chi connectivity index (χ0n) is 13.9. The van der Waals surface area contributed by atoms with Crippen LogP contribution in [0.15, 0.2) is 35.2 Å². The summed E-state index contributed by atoms with van der Waals surface area (Å²) in [6.07, 6.45) is -0.385. The van der Waals surface area contributed by atoms with E-state index in [1.54, 1.807) is 32.0 Å². The summed E-state index contributed by atoms with van der Waals surface area (Å²) in [6.45, 7) is 3.52. The Morgan fingerprint density at radius 1 is 1.33 bits per heavy atom. The highest BCUT2D eigenvalue weighted by atomic mass is 32.2. The molecule has 1 saturated carbocycles. The van der Waals surface area contributed by atoms with Gasteiger partial charge in [-0.15, -0.1) is 0 Å². The second kappa shape index (κ2) is 7.72. The van der Waals surface area contributed by atoms with E-state index in [1.807, 2.05) is 0 Å². The molecule has 0 aliphatic heterocycles. The van der Waals surface area contributed by atoms with Gasteiger partial charge in [-0.2, -0.15) is 0 Å². The van der Waals surface area contributed by atoms with Crippen molar-refractivity contribution in [1.29, 1.82) is 0 Å². The second-order valence-corrected chi connectivity index (χ2v) is 8.44. The Kier molecular flexibility index (Phi) is 6.11. The van der Waals surface area contributed by atoms with E-state index in [0.717, 1.165) is 12.8 Å². The second-order valence-electron chi connectivity index (χ2n) is 6.76. The van der Waals surface area contributed by atoms with E-state index in [-0.39, 0.29) is 11.3 Å². The molecule has 0 radical (unpaired) electrons. The summed E-state index contributed by atoms with van der Waals surface area (Å²) in [7, 11) is -3.82. The Bertz CT molecular complexity index is 644. The van der Waals surface area contributed by atoms with E-state index in [4.69, 9.17) is 4.74 Å². The van der Waals surface area contributed by atoms with E-state index in [2.05, 4.69) is 4.72 Å². The van der Waals surface area contributed by atoms with Crippen molar-refractivity contribution in [2.24, 2.45) is 5.92 Å². The van der Waals surface area contributed by atoms with Gasteiger partial charge in [0.25, 0.3) is 0 Å². The van der Waals surface area contributed by atoms with E-state index >= 15 is 0 Å². The van der Waals surface area contributed by atoms with E-state index in [9.17, 15) is 17.6 Å². The first-order chi connectivity index (χ1) is 11.3. The predicted molar refractivity (Wildman–Crippen MR) is 88.9 cm³/mol. The molecule has 0 heterocycles. The quantitative estimate of drug-likeness (QED) is 0.653. The topological polar surface area (TPSA) is 72.5 Å². The maximum absolute atomic E-state index is 14.4. The van der Waals surface area contributed by atoms with Gasteiger partial charge in [0.15, 0.2) is 0 Å². The van der Waals surface area contributed by atoms with Gasteiger partial charge >= 0.3 is 0 Å². The van der Waals surface area contributed by atoms with Crippen molar-refractivity contribution >= 4 is 16.3 Å². The number of halogens is 1. The average molecular weight is 357 g/mol. The molecule has 1 aliphatic carbocycles. The maximum atomic E-state index is 14.4. The summed E-state index contributed by atoms with van der Waals surface area (Å²) in [6, 6.07) is 7.89. The molecule has 1 aromatic carbocycles. The van der Waals surface area contributed by atoms with Gasteiger partial charge in [0, 0.05) is 6.42 Å². The molecule has 0 bridgehead atoms. The number of benzene rings is 1. The minimum atomic E-state index is -3.82. The Morgan fingerprint density at radius 3 is 2.50 bits per heavy atom. The lowest BCUT2D eigenvalue weighted by atomic mass is 9.93. The third kappa shape index (κ3) is 5.09. The van der Waals surface area contributed by atoms with Crippen LogP contribution >= 0.6 is 0 Å². The van der Waals surface area contributed by atoms with Crippen molar-refractivity contribution < 1.29 is 22.3 Å². The lowest BCUT2D eigenvalue weighted by Gasteiger charge is -2.36. The fourth-order valence-corrected chi connectivity index (χ4v) is 4.01. The SMILES string of the molecule is CC(C)(NS(=O)(=O)c1ccccc1)C(OCC1CC1)C(F)CC=O. The highest BCUT2D eigenvalue weighted by Crippen LogP contribution is 2.31. The van der Waals surface area contributed by atoms with Gasteiger partial charge in [-0.3, -0.25) is 0 Å². The molecule has 0 amide bonds. The van der Waals surface area contributed by atoms with Crippen molar-refractivity contribution in [3.05, 3.63) is 30.3 Å². The molecule has 2 atom stereocenters. The normalized spacial score (nSPS) is 18.1.